The first-order chi connectivity index (χ1) is 8.65. The molecule has 0 unspecified atom stereocenters. The Kier molecular flexibility index (Phi) is 4.30. The number of aliphatic hydroxyl groups excluding tert-OH is 1. The van der Waals surface area contributed by atoms with Crippen molar-refractivity contribution >= 4 is 0 Å². The van der Waals surface area contributed by atoms with Crippen LogP contribution in [0.25, 0.3) is 0 Å². The molecule has 0 radical (unpaired) electrons. The summed E-state index contributed by atoms with van der Waals surface area (Å²) in [5, 5.41) is 12.8. The summed E-state index contributed by atoms with van der Waals surface area (Å²) in [6.45, 7) is 0.391. The number of hydrogen-bond acceptors (Lipinski definition) is 2. The molecule has 0 heterocycles. The third-order valence-corrected chi connectivity index (χ3v) is 3.78. The Morgan fingerprint density at radius 1 is 1.17 bits per heavy atom. The monoisotopic (exact) mass is 255 g/mol. The van der Waals surface area contributed by atoms with Gasteiger partial charge in [0.1, 0.15) is 11.6 Å². The highest BCUT2D eigenvalue weighted by atomic mass is 19.1. The number of hydrogen-bond donors (Lipinski definition) is 2. The highest BCUT2D eigenvalue weighted by Crippen LogP contribution is 2.28. The molecule has 100 valence electrons. The second kappa shape index (κ2) is 5.76. The maximum absolute atomic E-state index is 13.5. The molecule has 0 spiro atoms. The molecule has 1 aromatic rings. The fourth-order valence-corrected chi connectivity index (χ4v) is 2.57. The summed E-state index contributed by atoms with van der Waals surface area (Å²) in [7, 11) is 0. The summed E-state index contributed by atoms with van der Waals surface area (Å²) in [4.78, 5) is 0. The summed E-state index contributed by atoms with van der Waals surface area (Å²) >= 11 is 0. The molecule has 1 saturated carbocycles. The normalized spacial score (nSPS) is 18.8. The first-order valence-corrected chi connectivity index (χ1v) is 6.45. The molecule has 0 amide bonds. The van der Waals surface area contributed by atoms with E-state index in [-0.39, 0.29) is 12.1 Å². The quantitative estimate of drug-likeness (QED) is 0.867. The number of nitrogens with one attached hydrogen (secondary N) is 1. The van der Waals surface area contributed by atoms with Gasteiger partial charge in [-0.15, -0.1) is 0 Å². The van der Waals surface area contributed by atoms with E-state index in [1.54, 1.807) is 0 Å². The van der Waals surface area contributed by atoms with Gasteiger partial charge in [-0.25, -0.2) is 8.78 Å². The van der Waals surface area contributed by atoms with Crippen LogP contribution in [0.5, 0.6) is 0 Å². The van der Waals surface area contributed by atoms with Crippen molar-refractivity contribution in [2.45, 2.75) is 44.2 Å². The largest absolute Gasteiger partial charge is 0.394 e. The van der Waals surface area contributed by atoms with E-state index in [1.807, 2.05) is 0 Å². The second-order valence-corrected chi connectivity index (χ2v) is 5.09. The highest BCUT2D eigenvalue weighted by Gasteiger charge is 2.30. The summed E-state index contributed by atoms with van der Waals surface area (Å²) in [6, 6.07) is 3.60. The molecule has 1 aliphatic rings. The molecular weight excluding hydrogens is 236 g/mol. The van der Waals surface area contributed by atoms with Gasteiger partial charge < -0.3 is 10.4 Å². The van der Waals surface area contributed by atoms with E-state index in [1.165, 1.54) is 18.6 Å². The van der Waals surface area contributed by atoms with Gasteiger partial charge in [-0.1, -0.05) is 25.3 Å². The Labute approximate surface area is 106 Å². The van der Waals surface area contributed by atoms with Crippen LogP contribution in [-0.2, 0) is 6.54 Å². The van der Waals surface area contributed by atoms with Crippen molar-refractivity contribution in [1.82, 2.24) is 5.32 Å². The molecule has 0 saturated heterocycles. The standard InChI is InChI=1S/C14H19F2NO/c15-12-5-4-11(13(16)8-12)9-17-14(10-18)6-2-1-3-7-14/h4-5,8,17-18H,1-3,6-7,9-10H2. The van der Waals surface area contributed by atoms with Crippen LogP contribution in [0.1, 0.15) is 37.7 Å². The van der Waals surface area contributed by atoms with Gasteiger partial charge in [-0.05, 0) is 18.9 Å². The molecular formula is C14H19F2NO. The smallest absolute Gasteiger partial charge is 0.130 e. The van der Waals surface area contributed by atoms with Crippen LogP contribution in [0.3, 0.4) is 0 Å². The van der Waals surface area contributed by atoms with Crippen LogP contribution < -0.4 is 5.32 Å². The predicted molar refractivity (Wildman–Crippen MR) is 66.1 cm³/mol. The maximum Gasteiger partial charge on any atom is 0.130 e. The van der Waals surface area contributed by atoms with Crippen molar-refractivity contribution in [3.8, 4) is 0 Å². The van der Waals surface area contributed by atoms with Crippen LogP contribution in [0, 0.1) is 11.6 Å². The molecule has 1 aliphatic carbocycles. The summed E-state index contributed by atoms with van der Waals surface area (Å²) < 4.78 is 26.3. The minimum Gasteiger partial charge on any atom is -0.394 e. The minimum absolute atomic E-state index is 0.0653. The van der Waals surface area contributed by atoms with Crippen molar-refractivity contribution < 1.29 is 13.9 Å². The SMILES string of the molecule is OCC1(NCc2ccc(F)cc2F)CCCCC1. The summed E-state index contributed by atoms with van der Waals surface area (Å²) in [5.41, 5.74) is 0.147. The molecule has 1 aromatic carbocycles. The second-order valence-electron chi connectivity index (χ2n) is 5.09. The van der Waals surface area contributed by atoms with Crippen molar-refractivity contribution in [2.24, 2.45) is 0 Å². The van der Waals surface area contributed by atoms with Crippen LogP contribution in [0.2, 0.25) is 0 Å². The average molecular weight is 255 g/mol. The Morgan fingerprint density at radius 3 is 2.50 bits per heavy atom. The molecule has 1 fully saturated rings. The van der Waals surface area contributed by atoms with Gasteiger partial charge in [0.2, 0.25) is 0 Å². The van der Waals surface area contributed by atoms with E-state index in [9.17, 15) is 13.9 Å². The van der Waals surface area contributed by atoms with Gasteiger partial charge in [0.05, 0.1) is 6.61 Å². The van der Waals surface area contributed by atoms with E-state index >= 15 is 0 Å². The molecule has 4 heteroatoms. The maximum atomic E-state index is 13.5. The topological polar surface area (TPSA) is 32.3 Å². The molecule has 0 bridgehead atoms. The molecule has 18 heavy (non-hydrogen) atoms. The third-order valence-electron chi connectivity index (χ3n) is 3.78. The van der Waals surface area contributed by atoms with Crippen LogP contribution >= 0.6 is 0 Å². The van der Waals surface area contributed by atoms with E-state index in [0.29, 0.717) is 12.1 Å². The Balaban J connectivity index is 2.01. The van der Waals surface area contributed by atoms with Crippen LogP contribution in [0.4, 0.5) is 8.78 Å². The average Bonchev–Trinajstić information content (AvgIpc) is 2.39. The fraction of sp³-hybridized carbons (Fsp3) is 0.571. The number of aliphatic hydroxyl groups is 1. The molecule has 2 N–H and O–H groups in total. The Bertz CT molecular complexity index is 403. The van der Waals surface area contributed by atoms with Crippen LogP contribution in [-0.4, -0.2) is 17.3 Å². The predicted octanol–water partition coefficient (Wildman–Crippen LogP) is 2.75. The number of benzene rings is 1. The van der Waals surface area contributed by atoms with Crippen molar-refractivity contribution in [2.75, 3.05) is 6.61 Å². The van der Waals surface area contributed by atoms with Crippen molar-refractivity contribution in [1.29, 1.82) is 0 Å². The van der Waals surface area contributed by atoms with Gasteiger partial charge in [-0.2, -0.15) is 0 Å². The zero-order valence-corrected chi connectivity index (χ0v) is 10.4. The molecule has 2 rings (SSSR count). The van der Waals surface area contributed by atoms with E-state index in [2.05, 4.69) is 5.32 Å². The zero-order chi connectivity index (χ0) is 13.0. The lowest BCUT2D eigenvalue weighted by atomic mass is 9.82. The number of halogens is 2. The van der Waals surface area contributed by atoms with E-state index in [0.717, 1.165) is 31.7 Å². The summed E-state index contributed by atoms with van der Waals surface area (Å²) in [5.74, 6) is -1.10. The highest BCUT2D eigenvalue weighted by molar-refractivity contribution is 5.18. The molecule has 0 atom stereocenters. The zero-order valence-electron chi connectivity index (χ0n) is 10.4. The first-order valence-electron chi connectivity index (χ1n) is 6.45. The van der Waals surface area contributed by atoms with E-state index < -0.39 is 11.6 Å². The van der Waals surface area contributed by atoms with Gasteiger partial charge in [0, 0.05) is 23.7 Å². The molecule has 0 aliphatic heterocycles. The lowest BCUT2D eigenvalue weighted by Crippen LogP contribution is -2.49. The Morgan fingerprint density at radius 2 is 1.89 bits per heavy atom. The fourth-order valence-electron chi connectivity index (χ4n) is 2.57. The van der Waals surface area contributed by atoms with Gasteiger partial charge in [0.25, 0.3) is 0 Å². The van der Waals surface area contributed by atoms with Crippen molar-refractivity contribution in [3.63, 3.8) is 0 Å². The lowest BCUT2D eigenvalue weighted by Gasteiger charge is -2.36. The first kappa shape index (κ1) is 13.4. The van der Waals surface area contributed by atoms with Gasteiger partial charge in [-0.3, -0.25) is 0 Å². The molecule has 2 nitrogen and oxygen atoms in total. The van der Waals surface area contributed by atoms with E-state index in [4.69, 9.17) is 0 Å². The van der Waals surface area contributed by atoms with Crippen LogP contribution in [0.15, 0.2) is 18.2 Å². The lowest BCUT2D eigenvalue weighted by molar-refractivity contribution is 0.119. The Hall–Kier alpha value is -1.00. The number of rotatable bonds is 4. The summed E-state index contributed by atoms with van der Waals surface area (Å²) in [6.07, 6.45) is 5.17. The minimum atomic E-state index is -0.564. The van der Waals surface area contributed by atoms with Gasteiger partial charge in [0.15, 0.2) is 0 Å². The van der Waals surface area contributed by atoms with Crippen molar-refractivity contribution in [3.05, 3.63) is 35.4 Å². The molecule has 0 aromatic heterocycles. The van der Waals surface area contributed by atoms with Gasteiger partial charge >= 0.3 is 0 Å². The third kappa shape index (κ3) is 3.06.